The third kappa shape index (κ3) is 4.29. The molecule has 2 rings (SSSR count). The lowest BCUT2D eigenvalue weighted by atomic mass is 10.3. The van der Waals surface area contributed by atoms with Gasteiger partial charge in [-0.1, -0.05) is 18.5 Å². The van der Waals surface area contributed by atoms with Gasteiger partial charge >= 0.3 is 0 Å². The fraction of sp³-hybridized carbons (Fsp3) is 0.231. The molecule has 0 fully saturated rings. The van der Waals surface area contributed by atoms with Crippen LogP contribution in [0.1, 0.15) is 19.2 Å². The van der Waals surface area contributed by atoms with Gasteiger partial charge in [0.05, 0.1) is 10.7 Å². The van der Waals surface area contributed by atoms with Gasteiger partial charge in [-0.3, -0.25) is 0 Å². The van der Waals surface area contributed by atoms with Gasteiger partial charge in [0, 0.05) is 16.1 Å². The van der Waals surface area contributed by atoms with E-state index in [1.54, 1.807) is 0 Å². The second kappa shape index (κ2) is 6.85. The van der Waals surface area contributed by atoms with Crippen molar-refractivity contribution in [2.45, 2.75) is 19.8 Å². The van der Waals surface area contributed by atoms with E-state index in [-0.39, 0.29) is 0 Å². The van der Waals surface area contributed by atoms with Crippen molar-refractivity contribution in [3.8, 4) is 0 Å². The Morgan fingerprint density at radius 3 is 2.84 bits per heavy atom. The van der Waals surface area contributed by atoms with Gasteiger partial charge in [-0.25, -0.2) is 9.97 Å². The summed E-state index contributed by atoms with van der Waals surface area (Å²) in [5.41, 5.74) is 0.849. The first-order valence-electron chi connectivity index (χ1n) is 5.84. The number of halogens is 3. The molecule has 0 radical (unpaired) electrons. The van der Waals surface area contributed by atoms with Crippen LogP contribution in [0, 0.1) is 3.57 Å². The van der Waals surface area contributed by atoms with Crippen molar-refractivity contribution in [3.05, 3.63) is 43.3 Å². The quantitative estimate of drug-likeness (QED) is 0.512. The summed E-state index contributed by atoms with van der Waals surface area (Å²) in [6, 6.07) is 7.66. The van der Waals surface area contributed by atoms with Gasteiger partial charge in [0.2, 0.25) is 0 Å². The van der Waals surface area contributed by atoms with Crippen LogP contribution in [-0.2, 0) is 6.42 Å². The average molecular weight is 453 g/mol. The number of benzene rings is 1. The Morgan fingerprint density at radius 1 is 1.32 bits per heavy atom. The molecule has 100 valence electrons. The van der Waals surface area contributed by atoms with E-state index in [2.05, 4.69) is 60.7 Å². The molecule has 0 aliphatic heterocycles. The van der Waals surface area contributed by atoms with Crippen molar-refractivity contribution < 1.29 is 0 Å². The topological polar surface area (TPSA) is 37.8 Å². The fourth-order valence-electron chi connectivity index (χ4n) is 1.60. The molecule has 19 heavy (non-hydrogen) atoms. The molecule has 6 heteroatoms. The Kier molecular flexibility index (Phi) is 5.41. The molecule has 0 saturated heterocycles. The molecule has 0 aliphatic rings. The maximum Gasteiger partial charge on any atom is 0.135 e. The van der Waals surface area contributed by atoms with E-state index in [1.807, 2.05) is 24.3 Å². The minimum Gasteiger partial charge on any atom is -0.339 e. The summed E-state index contributed by atoms with van der Waals surface area (Å²) in [5.74, 6) is 1.57. The van der Waals surface area contributed by atoms with Gasteiger partial charge in [-0.15, -0.1) is 0 Å². The summed E-state index contributed by atoms with van der Waals surface area (Å²) in [6.45, 7) is 2.10. The number of anilines is 2. The predicted molar refractivity (Wildman–Crippen MR) is 91.2 cm³/mol. The SMILES string of the molecule is CCCc1nc(Br)cc(Nc2cc(I)ccc2Cl)n1. The van der Waals surface area contributed by atoms with Gasteiger partial charge in [0.15, 0.2) is 0 Å². The number of rotatable bonds is 4. The molecular weight excluding hydrogens is 440 g/mol. The van der Waals surface area contributed by atoms with Crippen molar-refractivity contribution >= 4 is 61.6 Å². The van der Waals surface area contributed by atoms with Crippen molar-refractivity contribution in [1.29, 1.82) is 0 Å². The van der Waals surface area contributed by atoms with E-state index in [1.165, 1.54) is 0 Å². The molecule has 1 heterocycles. The largest absolute Gasteiger partial charge is 0.339 e. The van der Waals surface area contributed by atoms with Gasteiger partial charge in [0.1, 0.15) is 16.2 Å². The lowest BCUT2D eigenvalue weighted by molar-refractivity contribution is 0.831. The zero-order valence-electron chi connectivity index (χ0n) is 10.3. The van der Waals surface area contributed by atoms with Crippen LogP contribution in [0.15, 0.2) is 28.9 Å². The van der Waals surface area contributed by atoms with E-state index in [0.29, 0.717) is 5.02 Å². The highest BCUT2D eigenvalue weighted by Gasteiger charge is 2.06. The molecule has 1 N–H and O–H groups in total. The number of nitrogens with one attached hydrogen (secondary N) is 1. The van der Waals surface area contributed by atoms with E-state index >= 15 is 0 Å². The second-order valence-electron chi connectivity index (χ2n) is 3.99. The number of nitrogens with zero attached hydrogens (tertiary/aromatic N) is 2. The molecule has 0 aliphatic carbocycles. The van der Waals surface area contributed by atoms with E-state index < -0.39 is 0 Å². The molecule has 0 amide bonds. The highest BCUT2D eigenvalue weighted by atomic mass is 127. The number of aromatic nitrogens is 2. The summed E-state index contributed by atoms with van der Waals surface area (Å²) in [4.78, 5) is 8.81. The van der Waals surface area contributed by atoms with Crippen molar-refractivity contribution in [2.75, 3.05) is 5.32 Å². The van der Waals surface area contributed by atoms with Crippen LogP contribution in [0.2, 0.25) is 5.02 Å². The van der Waals surface area contributed by atoms with Crippen LogP contribution in [-0.4, -0.2) is 9.97 Å². The van der Waals surface area contributed by atoms with Gasteiger partial charge < -0.3 is 5.32 Å². The lowest BCUT2D eigenvalue weighted by Crippen LogP contribution is -2.01. The Bertz CT molecular complexity index is 592. The number of hydrogen-bond acceptors (Lipinski definition) is 3. The number of aryl methyl sites for hydroxylation is 1. The third-order valence-electron chi connectivity index (χ3n) is 2.41. The van der Waals surface area contributed by atoms with E-state index in [4.69, 9.17) is 11.6 Å². The second-order valence-corrected chi connectivity index (χ2v) is 6.46. The van der Waals surface area contributed by atoms with Crippen molar-refractivity contribution in [1.82, 2.24) is 9.97 Å². The molecule has 2 aromatic rings. The van der Waals surface area contributed by atoms with Crippen LogP contribution in [0.3, 0.4) is 0 Å². The Balaban J connectivity index is 2.29. The van der Waals surface area contributed by atoms with Crippen LogP contribution in [0.5, 0.6) is 0 Å². The lowest BCUT2D eigenvalue weighted by Gasteiger charge is -2.09. The van der Waals surface area contributed by atoms with Crippen molar-refractivity contribution in [2.24, 2.45) is 0 Å². The molecule has 3 nitrogen and oxygen atoms in total. The monoisotopic (exact) mass is 451 g/mol. The molecule has 0 atom stereocenters. The molecule has 0 bridgehead atoms. The summed E-state index contributed by atoms with van der Waals surface area (Å²) >= 11 is 11.8. The molecule has 0 saturated carbocycles. The fourth-order valence-corrected chi connectivity index (χ4v) is 2.67. The molecule has 1 aromatic heterocycles. The maximum atomic E-state index is 6.17. The summed E-state index contributed by atoms with van der Waals surface area (Å²) in [5, 5.41) is 3.91. The summed E-state index contributed by atoms with van der Waals surface area (Å²) in [6.07, 6.45) is 1.87. The Labute approximate surface area is 139 Å². The highest BCUT2D eigenvalue weighted by molar-refractivity contribution is 14.1. The molecule has 1 aromatic carbocycles. The minimum absolute atomic E-state index is 0.673. The third-order valence-corrected chi connectivity index (χ3v) is 3.81. The van der Waals surface area contributed by atoms with Gasteiger partial charge in [-0.05, 0) is 63.1 Å². The first-order valence-corrected chi connectivity index (χ1v) is 8.09. The smallest absolute Gasteiger partial charge is 0.135 e. The van der Waals surface area contributed by atoms with Crippen LogP contribution < -0.4 is 5.32 Å². The maximum absolute atomic E-state index is 6.17. The van der Waals surface area contributed by atoms with E-state index in [0.717, 1.165) is 38.3 Å². The van der Waals surface area contributed by atoms with Crippen LogP contribution in [0.25, 0.3) is 0 Å². The van der Waals surface area contributed by atoms with Crippen LogP contribution in [0.4, 0.5) is 11.5 Å². The van der Waals surface area contributed by atoms with Crippen molar-refractivity contribution in [3.63, 3.8) is 0 Å². The number of hydrogen-bond donors (Lipinski definition) is 1. The average Bonchev–Trinajstić information content (AvgIpc) is 2.33. The standard InChI is InChI=1S/C13H12BrClIN3/c1-2-3-12-18-11(14)7-13(19-12)17-10-6-8(16)4-5-9(10)15/h4-7H,2-3H2,1H3,(H,17,18,19). The van der Waals surface area contributed by atoms with Crippen LogP contribution >= 0.6 is 50.1 Å². The molecule has 0 spiro atoms. The van der Waals surface area contributed by atoms with E-state index in [9.17, 15) is 0 Å². The molecule has 0 unspecified atom stereocenters. The molecular formula is C13H12BrClIN3. The first kappa shape index (κ1) is 15.0. The zero-order valence-corrected chi connectivity index (χ0v) is 14.8. The summed E-state index contributed by atoms with van der Waals surface area (Å²) < 4.78 is 1.89. The highest BCUT2D eigenvalue weighted by Crippen LogP contribution is 2.27. The normalized spacial score (nSPS) is 10.5. The Morgan fingerprint density at radius 2 is 2.11 bits per heavy atom. The van der Waals surface area contributed by atoms with Gasteiger partial charge in [-0.2, -0.15) is 0 Å². The first-order chi connectivity index (χ1) is 9.08. The minimum atomic E-state index is 0.673. The predicted octanol–water partition coefficient (Wildman–Crippen LogP) is 5.19. The van der Waals surface area contributed by atoms with Gasteiger partial charge in [0.25, 0.3) is 0 Å². The zero-order chi connectivity index (χ0) is 13.8. The summed E-state index contributed by atoms with van der Waals surface area (Å²) in [7, 11) is 0. The Hall–Kier alpha value is -0.400.